The number of halogens is 2. The molecule has 1 aromatic carbocycles. The van der Waals surface area contributed by atoms with E-state index in [-0.39, 0.29) is 12.1 Å². The van der Waals surface area contributed by atoms with E-state index < -0.39 is 17.7 Å². The van der Waals surface area contributed by atoms with Crippen LogP contribution in [-0.2, 0) is 11.3 Å². The fourth-order valence-corrected chi connectivity index (χ4v) is 2.78. The molecule has 1 unspecified atom stereocenters. The number of benzene rings is 1. The molecule has 3 aromatic rings. The van der Waals surface area contributed by atoms with Crippen molar-refractivity contribution in [2.75, 3.05) is 33.1 Å². The summed E-state index contributed by atoms with van der Waals surface area (Å²) in [5.74, 6) is -0.124. The van der Waals surface area contributed by atoms with Crippen LogP contribution in [-0.4, -0.2) is 52.2 Å². The second-order valence-corrected chi connectivity index (χ2v) is 6.03. The Morgan fingerprint density at radius 3 is 2.65 bits per heavy atom. The molecule has 7 nitrogen and oxygen atoms in total. The highest BCUT2D eigenvalue weighted by molar-refractivity contribution is 5.45. The molecule has 2 heterocycles. The van der Waals surface area contributed by atoms with Gasteiger partial charge < -0.3 is 15.0 Å². The average molecular weight is 362 g/mol. The first kappa shape index (κ1) is 18.2. The van der Waals surface area contributed by atoms with Gasteiger partial charge in [-0.2, -0.15) is 14.6 Å². The molecular formula is C17H20F2N6O. The molecule has 9 heteroatoms. The maximum absolute atomic E-state index is 14.2. The van der Waals surface area contributed by atoms with E-state index in [0.29, 0.717) is 23.9 Å². The fourth-order valence-electron chi connectivity index (χ4n) is 2.78. The van der Waals surface area contributed by atoms with Crippen LogP contribution in [0.15, 0.2) is 30.6 Å². The van der Waals surface area contributed by atoms with Crippen LogP contribution in [0.4, 0.5) is 14.6 Å². The molecule has 0 saturated carbocycles. The number of nitrogens with zero attached hydrogens (tertiary/aromatic N) is 5. The molecule has 0 amide bonds. The summed E-state index contributed by atoms with van der Waals surface area (Å²) in [4.78, 5) is 10.2. The van der Waals surface area contributed by atoms with Gasteiger partial charge in [-0.25, -0.2) is 13.8 Å². The highest BCUT2D eigenvalue weighted by atomic mass is 19.1. The Labute approximate surface area is 149 Å². The van der Waals surface area contributed by atoms with Crippen molar-refractivity contribution in [2.24, 2.45) is 0 Å². The number of hydrogen-bond donors (Lipinski definition) is 1. The van der Waals surface area contributed by atoms with Crippen molar-refractivity contribution < 1.29 is 13.5 Å². The Balaban J connectivity index is 1.91. The summed E-state index contributed by atoms with van der Waals surface area (Å²) in [5, 5.41) is 7.33. The fraction of sp³-hybridized carbons (Fsp3) is 0.353. The Kier molecular flexibility index (Phi) is 5.38. The number of methoxy groups -OCH3 is 1. The standard InChI is InChI=1S/C17H20F2N6O/c1-24(2)14(16-12(18)5-4-6-13(16)19)8-20-15-7-11(9-26-3)23-17-21-10-22-25(15)17/h4-7,10,14,20H,8-9H2,1-3H3. The molecule has 0 saturated heterocycles. The molecule has 26 heavy (non-hydrogen) atoms. The number of rotatable bonds is 7. The summed E-state index contributed by atoms with van der Waals surface area (Å²) in [6.07, 6.45) is 1.39. The summed E-state index contributed by atoms with van der Waals surface area (Å²) in [5.41, 5.74) is 0.694. The topological polar surface area (TPSA) is 67.6 Å². The van der Waals surface area contributed by atoms with Crippen LogP contribution in [0, 0.1) is 11.6 Å². The van der Waals surface area contributed by atoms with Crippen LogP contribution < -0.4 is 5.32 Å². The Hall–Kier alpha value is -2.65. The highest BCUT2D eigenvalue weighted by Crippen LogP contribution is 2.25. The highest BCUT2D eigenvalue weighted by Gasteiger charge is 2.22. The van der Waals surface area contributed by atoms with Gasteiger partial charge in [-0.15, -0.1) is 0 Å². The van der Waals surface area contributed by atoms with E-state index in [1.165, 1.54) is 29.0 Å². The minimum Gasteiger partial charge on any atom is -0.378 e. The van der Waals surface area contributed by atoms with Gasteiger partial charge in [0.15, 0.2) is 0 Å². The molecule has 0 fully saturated rings. The minimum atomic E-state index is -0.578. The quantitative estimate of drug-likeness (QED) is 0.695. The van der Waals surface area contributed by atoms with E-state index in [1.54, 1.807) is 32.2 Å². The third-order valence-corrected chi connectivity index (χ3v) is 4.03. The van der Waals surface area contributed by atoms with E-state index in [1.807, 2.05) is 0 Å². The minimum absolute atomic E-state index is 0.0194. The number of hydrogen-bond acceptors (Lipinski definition) is 6. The zero-order valence-electron chi connectivity index (χ0n) is 14.8. The molecule has 0 radical (unpaired) electrons. The Morgan fingerprint density at radius 1 is 1.27 bits per heavy atom. The molecule has 2 aromatic heterocycles. The van der Waals surface area contributed by atoms with Gasteiger partial charge >= 0.3 is 0 Å². The molecule has 1 N–H and O–H groups in total. The van der Waals surface area contributed by atoms with E-state index >= 15 is 0 Å². The lowest BCUT2D eigenvalue weighted by Crippen LogP contribution is -2.29. The van der Waals surface area contributed by atoms with Crippen molar-refractivity contribution in [1.82, 2.24) is 24.5 Å². The number of ether oxygens (including phenoxy) is 1. The zero-order chi connectivity index (χ0) is 18.7. The van der Waals surface area contributed by atoms with Crippen LogP contribution in [0.1, 0.15) is 17.3 Å². The van der Waals surface area contributed by atoms with E-state index in [2.05, 4.69) is 20.4 Å². The van der Waals surface area contributed by atoms with E-state index in [4.69, 9.17) is 4.74 Å². The number of anilines is 1. The zero-order valence-corrected chi connectivity index (χ0v) is 14.8. The summed E-state index contributed by atoms with van der Waals surface area (Å²) in [6, 6.07) is 5.12. The first-order chi connectivity index (χ1) is 12.5. The van der Waals surface area contributed by atoms with Crippen LogP contribution in [0.2, 0.25) is 0 Å². The smallest absolute Gasteiger partial charge is 0.254 e. The van der Waals surface area contributed by atoms with Crippen molar-refractivity contribution >= 4 is 11.6 Å². The molecule has 0 aliphatic rings. The first-order valence-corrected chi connectivity index (χ1v) is 8.04. The number of nitrogens with one attached hydrogen (secondary N) is 1. The average Bonchev–Trinajstić information content (AvgIpc) is 3.06. The molecule has 138 valence electrons. The summed E-state index contributed by atoms with van der Waals surface area (Å²) in [7, 11) is 5.12. The second-order valence-electron chi connectivity index (χ2n) is 6.03. The van der Waals surface area contributed by atoms with Crippen LogP contribution in [0.25, 0.3) is 5.78 Å². The lowest BCUT2D eigenvalue weighted by Gasteiger charge is -2.26. The number of aromatic nitrogens is 4. The number of likely N-dealkylation sites (N-methyl/N-ethyl adjacent to an activating group) is 1. The SMILES string of the molecule is COCc1cc(NCC(c2c(F)cccc2F)N(C)C)n2ncnc2n1. The van der Waals surface area contributed by atoms with Crippen LogP contribution in [0.5, 0.6) is 0 Å². The van der Waals surface area contributed by atoms with Crippen molar-refractivity contribution in [1.29, 1.82) is 0 Å². The normalized spacial score (nSPS) is 12.7. The maximum atomic E-state index is 14.2. The van der Waals surface area contributed by atoms with Crippen LogP contribution in [0.3, 0.4) is 0 Å². The van der Waals surface area contributed by atoms with Gasteiger partial charge in [-0.05, 0) is 26.2 Å². The van der Waals surface area contributed by atoms with Gasteiger partial charge in [0.1, 0.15) is 23.8 Å². The number of fused-ring (bicyclic) bond motifs is 1. The molecule has 0 spiro atoms. The van der Waals surface area contributed by atoms with Gasteiger partial charge in [0, 0.05) is 25.3 Å². The molecule has 3 rings (SSSR count). The largest absolute Gasteiger partial charge is 0.378 e. The Morgan fingerprint density at radius 2 is 2.00 bits per heavy atom. The predicted molar refractivity (Wildman–Crippen MR) is 92.8 cm³/mol. The lowest BCUT2D eigenvalue weighted by atomic mass is 10.0. The molecular weight excluding hydrogens is 342 g/mol. The van der Waals surface area contributed by atoms with Crippen molar-refractivity contribution in [3.05, 3.63) is 53.5 Å². The Bertz CT molecular complexity index is 878. The van der Waals surface area contributed by atoms with Crippen molar-refractivity contribution in [2.45, 2.75) is 12.6 Å². The predicted octanol–water partition coefficient (Wildman–Crippen LogP) is 2.26. The van der Waals surface area contributed by atoms with Gasteiger partial charge in [0.2, 0.25) is 0 Å². The summed E-state index contributed by atoms with van der Waals surface area (Å²) < 4.78 is 35.1. The molecule has 1 atom stereocenters. The van der Waals surface area contributed by atoms with Gasteiger partial charge in [-0.1, -0.05) is 6.07 Å². The van der Waals surface area contributed by atoms with Gasteiger partial charge in [-0.3, -0.25) is 0 Å². The third kappa shape index (κ3) is 3.63. The van der Waals surface area contributed by atoms with E-state index in [0.717, 1.165) is 0 Å². The molecule has 0 aliphatic carbocycles. The van der Waals surface area contributed by atoms with E-state index in [9.17, 15) is 8.78 Å². The lowest BCUT2D eigenvalue weighted by molar-refractivity contribution is 0.181. The van der Waals surface area contributed by atoms with Crippen LogP contribution >= 0.6 is 0 Å². The van der Waals surface area contributed by atoms with Crippen molar-refractivity contribution in [3.63, 3.8) is 0 Å². The molecule has 0 aliphatic heterocycles. The van der Waals surface area contributed by atoms with Crippen molar-refractivity contribution in [3.8, 4) is 0 Å². The monoisotopic (exact) mass is 362 g/mol. The summed E-state index contributed by atoms with van der Waals surface area (Å²) in [6.45, 7) is 0.577. The first-order valence-electron chi connectivity index (χ1n) is 8.04. The van der Waals surface area contributed by atoms with Gasteiger partial charge in [0.05, 0.1) is 18.3 Å². The maximum Gasteiger partial charge on any atom is 0.254 e. The third-order valence-electron chi connectivity index (χ3n) is 4.03. The van der Waals surface area contributed by atoms with Gasteiger partial charge in [0.25, 0.3) is 5.78 Å². The summed E-state index contributed by atoms with van der Waals surface area (Å²) >= 11 is 0. The molecule has 0 bridgehead atoms. The second kappa shape index (κ2) is 7.71.